The maximum atomic E-state index is 2.64. The summed E-state index contributed by atoms with van der Waals surface area (Å²) in [6, 6.07) is 0. The van der Waals surface area contributed by atoms with E-state index in [1.54, 1.807) is 0 Å². The largest absolute Gasteiger partial charge is 0.303 e. The Morgan fingerprint density at radius 1 is 0.917 bits per heavy atom. The second-order valence-electron chi connectivity index (χ2n) is 4.46. The van der Waals surface area contributed by atoms with E-state index in [1.807, 2.05) is 0 Å². The van der Waals surface area contributed by atoms with Crippen molar-refractivity contribution in [2.24, 2.45) is 5.92 Å². The normalized spacial score (nSPS) is 22.2. The molecule has 1 rings (SSSR count). The van der Waals surface area contributed by atoms with Gasteiger partial charge in [0.2, 0.25) is 0 Å². The van der Waals surface area contributed by atoms with Crippen LogP contribution in [0.2, 0.25) is 0 Å². The van der Waals surface area contributed by atoms with Gasteiger partial charge < -0.3 is 4.90 Å². The van der Waals surface area contributed by atoms with Crippen molar-refractivity contribution < 1.29 is 0 Å². The van der Waals surface area contributed by atoms with E-state index in [0.29, 0.717) is 0 Å². The van der Waals surface area contributed by atoms with Gasteiger partial charge in [-0.25, -0.2) is 0 Å². The van der Waals surface area contributed by atoms with Gasteiger partial charge in [0.25, 0.3) is 0 Å². The molecule has 0 aromatic rings. The van der Waals surface area contributed by atoms with E-state index in [4.69, 9.17) is 0 Å². The summed E-state index contributed by atoms with van der Waals surface area (Å²) in [5, 5.41) is 0. The van der Waals surface area contributed by atoms with Gasteiger partial charge >= 0.3 is 0 Å². The molecule has 1 aliphatic heterocycles. The topological polar surface area (TPSA) is 3.24 Å². The first-order chi connectivity index (χ1) is 5.79. The summed E-state index contributed by atoms with van der Waals surface area (Å²) in [6.07, 6.45) is 7.22. The number of likely N-dealkylation sites (tertiary alicyclic amines) is 1. The van der Waals surface area contributed by atoms with Crippen molar-refractivity contribution in [2.75, 3.05) is 19.6 Å². The molecule has 1 saturated heterocycles. The van der Waals surface area contributed by atoms with Crippen LogP contribution < -0.4 is 0 Å². The predicted molar refractivity (Wildman–Crippen MR) is 54.4 cm³/mol. The van der Waals surface area contributed by atoms with Crippen molar-refractivity contribution in [3.63, 3.8) is 0 Å². The highest BCUT2D eigenvalue weighted by Gasteiger charge is 2.08. The fourth-order valence-electron chi connectivity index (χ4n) is 2.01. The molecule has 0 spiro atoms. The molecule has 0 atom stereocenters. The Morgan fingerprint density at radius 3 is 1.92 bits per heavy atom. The maximum absolute atomic E-state index is 2.64. The summed E-state index contributed by atoms with van der Waals surface area (Å²) in [5.74, 6) is 0.837. The Balaban J connectivity index is 2.20. The first-order valence-electron chi connectivity index (χ1n) is 5.51. The van der Waals surface area contributed by atoms with Gasteiger partial charge in [-0.15, -0.1) is 0 Å². The van der Waals surface area contributed by atoms with Crippen LogP contribution in [0.15, 0.2) is 0 Å². The Bertz CT molecular complexity index is 102. The van der Waals surface area contributed by atoms with Crippen molar-refractivity contribution in [1.82, 2.24) is 4.90 Å². The van der Waals surface area contributed by atoms with Crippen molar-refractivity contribution in [3.05, 3.63) is 0 Å². The third-order valence-electron chi connectivity index (χ3n) is 2.57. The van der Waals surface area contributed by atoms with Crippen molar-refractivity contribution in [3.8, 4) is 0 Å². The Kier molecular flexibility index (Phi) is 4.67. The highest BCUT2D eigenvalue weighted by Crippen LogP contribution is 2.11. The number of hydrogen-bond donors (Lipinski definition) is 0. The maximum Gasteiger partial charge on any atom is 0.000438 e. The molecular formula is C11H23N. The smallest absolute Gasteiger partial charge is 0.000438 e. The van der Waals surface area contributed by atoms with Gasteiger partial charge in [-0.05, 0) is 31.8 Å². The molecule has 0 saturated carbocycles. The van der Waals surface area contributed by atoms with Gasteiger partial charge in [-0.2, -0.15) is 0 Å². The van der Waals surface area contributed by atoms with Crippen LogP contribution in [0.4, 0.5) is 0 Å². The quantitative estimate of drug-likeness (QED) is 0.614. The molecule has 0 aliphatic carbocycles. The molecule has 1 heteroatoms. The lowest BCUT2D eigenvalue weighted by molar-refractivity contribution is 0.223. The van der Waals surface area contributed by atoms with Crippen LogP contribution in [0, 0.1) is 5.92 Å². The first kappa shape index (κ1) is 10.0. The number of nitrogens with zero attached hydrogens (tertiary/aromatic N) is 1. The van der Waals surface area contributed by atoms with Gasteiger partial charge in [-0.1, -0.05) is 33.1 Å². The third kappa shape index (κ3) is 4.10. The van der Waals surface area contributed by atoms with Gasteiger partial charge in [0.05, 0.1) is 0 Å². The summed E-state index contributed by atoms with van der Waals surface area (Å²) in [4.78, 5) is 2.64. The Hall–Kier alpha value is -0.0400. The van der Waals surface area contributed by atoms with E-state index in [2.05, 4.69) is 18.7 Å². The van der Waals surface area contributed by atoms with E-state index in [0.717, 1.165) is 5.92 Å². The lowest BCUT2D eigenvalue weighted by Gasteiger charge is -2.25. The minimum absolute atomic E-state index is 0.837. The molecule has 0 bridgehead atoms. The molecule has 0 radical (unpaired) electrons. The molecular weight excluding hydrogens is 146 g/mol. The fraction of sp³-hybridized carbons (Fsp3) is 1.00. The van der Waals surface area contributed by atoms with Crippen LogP contribution in [0.25, 0.3) is 0 Å². The molecule has 0 N–H and O–H groups in total. The van der Waals surface area contributed by atoms with E-state index in [9.17, 15) is 0 Å². The van der Waals surface area contributed by atoms with Crippen LogP contribution in [-0.2, 0) is 0 Å². The average Bonchev–Trinajstić information content (AvgIpc) is 1.93. The second kappa shape index (κ2) is 5.58. The second-order valence-corrected chi connectivity index (χ2v) is 4.46. The monoisotopic (exact) mass is 169 g/mol. The summed E-state index contributed by atoms with van der Waals surface area (Å²) in [6.45, 7) is 8.63. The lowest BCUT2D eigenvalue weighted by atomic mass is 10.1. The van der Waals surface area contributed by atoms with Gasteiger partial charge in [0.15, 0.2) is 0 Å². The van der Waals surface area contributed by atoms with E-state index >= 15 is 0 Å². The minimum atomic E-state index is 0.837. The molecule has 1 nitrogen and oxygen atoms in total. The van der Waals surface area contributed by atoms with Gasteiger partial charge in [0, 0.05) is 6.54 Å². The van der Waals surface area contributed by atoms with Crippen LogP contribution in [0.5, 0.6) is 0 Å². The Labute approximate surface area is 77.1 Å². The lowest BCUT2D eigenvalue weighted by Crippen LogP contribution is -2.30. The SMILES string of the molecule is CC(C)CN1CCCCCCC1. The molecule has 1 fully saturated rings. The minimum Gasteiger partial charge on any atom is -0.303 e. The molecule has 0 amide bonds. The van der Waals surface area contributed by atoms with Crippen molar-refractivity contribution >= 4 is 0 Å². The van der Waals surface area contributed by atoms with Crippen LogP contribution in [0.1, 0.15) is 46.0 Å². The summed E-state index contributed by atoms with van der Waals surface area (Å²) < 4.78 is 0. The zero-order valence-electron chi connectivity index (χ0n) is 8.68. The highest BCUT2D eigenvalue weighted by atomic mass is 15.1. The van der Waals surface area contributed by atoms with Crippen LogP contribution in [-0.4, -0.2) is 24.5 Å². The third-order valence-corrected chi connectivity index (χ3v) is 2.57. The zero-order valence-corrected chi connectivity index (χ0v) is 8.68. The average molecular weight is 169 g/mol. The summed E-state index contributed by atoms with van der Waals surface area (Å²) >= 11 is 0. The van der Waals surface area contributed by atoms with E-state index in [1.165, 1.54) is 51.7 Å². The molecule has 0 aromatic heterocycles. The highest BCUT2D eigenvalue weighted by molar-refractivity contribution is 4.63. The fourth-order valence-corrected chi connectivity index (χ4v) is 2.01. The van der Waals surface area contributed by atoms with Crippen molar-refractivity contribution in [2.45, 2.75) is 46.0 Å². The number of rotatable bonds is 2. The molecule has 1 aliphatic rings. The standard InChI is InChI=1S/C11H23N/c1-11(2)10-12-8-6-4-3-5-7-9-12/h11H,3-10H2,1-2H3. The molecule has 0 aromatic carbocycles. The predicted octanol–water partition coefficient (Wildman–Crippen LogP) is 2.91. The van der Waals surface area contributed by atoms with Gasteiger partial charge in [-0.3, -0.25) is 0 Å². The van der Waals surface area contributed by atoms with Gasteiger partial charge in [0.1, 0.15) is 0 Å². The van der Waals surface area contributed by atoms with E-state index in [-0.39, 0.29) is 0 Å². The molecule has 12 heavy (non-hydrogen) atoms. The summed E-state index contributed by atoms with van der Waals surface area (Å²) in [7, 11) is 0. The van der Waals surface area contributed by atoms with Crippen LogP contribution in [0.3, 0.4) is 0 Å². The van der Waals surface area contributed by atoms with E-state index < -0.39 is 0 Å². The van der Waals surface area contributed by atoms with Crippen molar-refractivity contribution in [1.29, 1.82) is 0 Å². The molecule has 0 unspecified atom stereocenters. The number of hydrogen-bond acceptors (Lipinski definition) is 1. The summed E-state index contributed by atoms with van der Waals surface area (Å²) in [5.41, 5.74) is 0. The van der Waals surface area contributed by atoms with Crippen LogP contribution >= 0.6 is 0 Å². The molecule has 1 heterocycles. The Morgan fingerprint density at radius 2 is 1.42 bits per heavy atom. The first-order valence-corrected chi connectivity index (χ1v) is 5.51. The molecule has 72 valence electrons. The zero-order chi connectivity index (χ0) is 8.81.